The van der Waals surface area contributed by atoms with Gasteiger partial charge in [-0.15, -0.1) is 0 Å². The molecule has 0 radical (unpaired) electrons. The maximum Gasteiger partial charge on any atom is 0.130 e. The number of benzene rings is 2. The van der Waals surface area contributed by atoms with Gasteiger partial charge in [-0.1, -0.05) is 25.1 Å². The molecule has 0 fully saturated rings. The molecule has 2 aromatic carbocycles. The Kier molecular flexibility index (Phi) is 3.51. The Bertz CT molecular complexity index is 535. The van der Waals surface area contributed by atoms with Crippen molar-refractivity contribution in [2.24, 2.45) is 0 Å². The predicted octanol–water partition coefficient (Wildman–Crippen LogP) is 3.69. The summed E-state index contributed by atoms with van der Waals surface area (Å²) in [6.45, 7) is 1.93. The lowest BCUT2D eigenvalue weighted by Gasteiger charge is -2.14. The van der Waals surface area contributed by atoms with E-state index < -0.39 is 5.82 Å². The van der Waals surface area contributed by atoms with Crippen LogP contribution in [0.1, 0.15) is 24.0 Å². The summed E-state index contributed by atoms with van der Waals surface area (Å²) in [7, 11) is 1.61. The van der Waals surface area contributed by atoms with E-state index in [1.807, 2.05) is 31.2 Å². The lowest BCUT2D eigenvalue weighted by atomic mass is 9.92. The Labute approximate surface area is 106 Å². The number of ether oxygens (including phenoxy) is 1. The summed E-state index contributed by atoms with van der Waals surface area (Å²) in [6, 6.07) is 11.8. The summed E-state index contributed by atoms with van der Waals surface area (Å²) in [5.41, 5.74) is 1.57. The molecule has 1 unspecified atom stereocenters. The molecule has 0 aliphatic carbocycles. The quantitative estimate of drug-likeness (QED) is 0.895. The van der Waals surface area contributed by atoms with Gasteiger partial charge in [0.1, 0.15) is 17.3 Å². The van der Waals surface area contributed by atoms with E-state index in [2.05, 4.69) is 0 Å². The van der Waals surface area contributed by atoms with Crippen LogP contribution in [0.4, 0.5) is 4.39 Å². The SMILES string of the molecule is COc1ccc(C(C)c2ccc(O)cc2F)cc1. The highest BCUT2D eigenvalue weighted by Crippen LogP contribution is 2.29. The van der Waals surface area contributed by atoms with Gasteiger partial charge in [-0.25, -0.2) is 4.39 Å². The number of hydrogen-bond donors (Lipinski definition) is 1. The van der Waals surface area contributed by atoms with Crippen LogP contribution in [0.5, 0.6) is 11.5 Å². The van der Waals surface area contributed by atoms with Gasteiger partial charge in [0.2, 0.25) is 0 Å². The largest absolute Gasteiger partial charge is 0.508 e. The van der Waals surface area contributed by atoms with Crippen molar-refractivity contribution in [2.75, 3.05) is 7.11 Å². The van der Waals surface area contributed by atoms with Gasteiger partial charge >= 0.3 is 0 Å². The van der Waals surface area contributed by atoms with E-state index in [0.717, 1.165) is 17.4 Å². The molecule has 2 aromatic rings. The highest BCUT2D eigenvalue weighted by molar-refractivity contribution is 5.38. The number of aromatic hydroxyl groups is 1. The van der Waals surface area contributed by atoms with E-state index in [1.54, 1.807) is 13.2 Å². The molecule has 18 heavy (non-hydrogen) atoms. The van der Waals surface area contributed by atoms with E-state index in [0.29, 0.717) is 5.56 Å². The Morgan fingerprint density at radius 3 is 2.33 bits per heavy atom. The number of rotatable bonds is 3. The number of phenolic OH excluding ortho intramolecular Hbond substituents is 1. The van der Waals surface area contributed by atoms with Crippen molar-refractivity contribution in [2.45, 2.75) is 12.8 Å². The molecule has 0 amide bonds. The normalized spacial score (nSPS) is 12.2. The van der Waals surface area contributed by atoms with Crippen molar-refractivity contribution in [3.8, 4) is 11.5 Å². The molecule has 2 nitrogen and oxygen atoms in total. The number of hydrogen-bond acceptors (Lipinski definition) is 2. The first-order valence-electron chi connectivity index (χ1n) is 5.74. The minimum absolute atomic E-state index is 0.0572. The van der Waals surface area contributed by atoms with Gasteiger partial charge in [0, 0.05) is 12.0 Å². The molecule has 0 aromatic heterocycles. The molecular formula is C15H15FO2. The highest BCUT2D eigenvalue weighted by atomic mass is 19.1. The second kappa shape index (κ2) is 5.08. The molecule has 2 rings (SSSR count). The van der Waals surface area contributed by atoms with Crippen LogP contribution >= 0.6 is 0 Å². The summed E-state index contributed by atoms with van der Waals surface area (Å²) in [5, 5.41) is 9.20. The standard InChI is InChI=1S/C15H15FO2/c1-10(11-3-6-13(18-2)7-4-11)14-8-5-12(17)9-15(14)16/h3-10,17H,1-2H3. The lowest BCUT2D eigenvalue weighted by molar-refractivity contribution is 0.414. The van der Waals surface area contributed by atoms with E-state index in [1.165, 1.54) is 6.07 Å². The third-order valence-electron chi connectivity index (χ3n) is 3.07. The topological polar surface area (TPSA) is 29.5 Å². The summed E-state index contributed by atoms with van der Waals surface area (Å²) in [5.74, 6) is 0.255. The zero-order chi connectivity index (χ0) is 13.1. The number of halogens is 1. The molecule has 3 heteroatoms. The highest BCUT2D eigenvalue weighted by Gasteiger charge is 2.13. The van der Waals surface area contributed by atoms with Crippen molar-refractivity contribution in [1.29, 1.82) is 0 Å². The minimum atomic E-state index is -0.390. The number of methoxy groups -OCH3 is 1. The Morgan fingerprint density at radius 1 is 1.11 bits per heavy atom. The summed E-state index contributed by atoms with van der Waals surface area (Å²) < 4.78 is 18.8. The van der Waals surface area contributed by atoms with Gasteiger partial charge in [-0.2, -0.15) is 0 Å². The van der Waals surface area contributed by atoms with Gasteiger partial charge in [0.05, 0.1) is 7.11 Å². The maximum atomic E-state index is 13.7. The van der Waals surface area contributed by atoms with Crippen molar-refractivity contribution in [1.82, 2.24) is 0 Å². The van der Waals surface area contributed by atoms with Crippen molar-refractivity contribution < 1.29 is 14.2 Å². The minimum Gasteiger partial charge on any atom is -0.508 e. The molecule has 0 aliphatic heterocycles. The van der Waals surface area contributed by atoms with E-state index >= 15 is 0 Å². The Balaban J connectivity index is 2.31. The average Bonchev–Trinajstić information content (AvgIpc) is 2.38. The Morgan fingerprint density at radius 2 is 1.78 bits per heavy atom. The fourth-order valence-electron chi connectivity index (χ4n) is 1.94. The van der Waals surface area contributed by atoms with Crippen molar-refractivity contribution >= 4 is 0 Å². The molecule has 0 bridgehead atoms. The smallest absolute Gasteiger partial charge is 0.130 e. The second-order valence-corrected chi connectivity index (χ2v) is 4.20. The molecule has 0 spiro atoms. The summed E-state index contributed by atoms with van der Waals surface area (Å²) >= 11 is 0. The third-order valence-corrected chi connectivity index (χ3v) is 3.07. The van der Waals surface area contributed by atoms with Crippen LogP contribution in [0.3, 0.4) is 0 Å². The zero-order valence-electron chi connectivity index (χ0n) is 10.4. The first-order chi connectivity index (χ1) is 8.61. The predicted molar refractivity (Wildman–Crippen MR) is 68.6 cm³/mol. The number of phenols is 1. The molecular weight excluding hydrogens is 231 g/mol. The molecule has 1 atom stereocenters. The van der Waals surface area contributed by atoms with Crippen LogP contribution in [0.15, 0.2) is 42.5 Å². The van der Waals surface area contributed by atoms with E-state index in [-0.39, 0.29) is 11.7 Å². The Hall–Kier alpha value is -2.03. The molecule has 94 valence electrons. The summed E-state index contributed by atoms with van der Waals surface area (Å²) in [4.78, 5) is 0. The molecule has 0 saturated heterocycles. The van der Waals surface area contributed by atoms with Crippen LogP contribution in [0.25, 0.3) is 0 Å². The van der Waals surface area contributed by atoms with Gasteiger partial charge in [-0.05, 0) is 29.3 Å². The van der Waals surface area contributed by atoms with Crippen LogP contribution in [-0.2, 0) is 0 Å². The fraction of sp³-hybridized carbons (Fsp3) is 0.200. The van der Waals surface area contributed by atoms with E-state index in [9.17, 15) is 9.50 Å². The van der Waals surface area contributed by atoms with Crippen LogP contribution in [0.2, 0.25) is 0 Å². The monoisotopic (exact) mass is 246 g/mol. The van der Waals surface area contributed by atoms with Crippen LogP contribution < -0.4 is 4.74 Å². The van der Waals surface area contributed by atoms with Crippen molar-refractivity contribution in [3.05, 3.63) is 59.4 Å². The van der Waals surface area contributed by atoms with Crippen LogP contribution in [-0.4, -0.2) is 12.2 Å². The molecule has 0 heterocycles. The van der Waals surface area contributed by atoms with Gasteiger partial charge in [0.25, 0.3) is 0 Å². The second-order valence-electron chi connectivity index (χ2n) is 4.20. The maximum absolute atomic E-state index is 13.7. The first-order valence-corrected chi connectivity index (χ1v) is 5.74. The van der Waals surface area contributed by atoms with Crippen LogP contribution in [0, 0.1) is 5.82 Å². The molecule has 0 saturated carbocycles. The fourth-order valence-corrected chi connectivity index (χ4v) is 1.94. The van der Waals surface area contributed by atoms with Crippen molar-refractivity contribution in [3.63, 3.8) is 0 Å². The zero-order valence-corrected chi connectivity index (χ0v) is 10.4. The van der Waals surface area contributed by atoms with Gasteiger partial charge < -0.3 is 9.84 Å². The molecule has 1 N–H and O–H groups in total. The summed E-state index contributed by atoms with van der Waals surface area (Å²) in [6.07, 6.45) is 0. The van der Waals surface area contributed by atoms with E-state index in [4.69, 9.17) is 4.74 Å². The third kappa shape index (κ3) is 2.45. The lowest BCUT2D eigenvalue weighted by Crippen LogP contribution is -1.99. The molecule has 0 aliphatic rings. The first kappa shape index (κ1) is 12.4. The average molecular weight is 246 g/mol. The van der Waals surface area contributed by atoms with Gasteiger partial charge in [-0.3, -0.25) is 0 Å². The van der Waals surface area contributed by atoms with Gasteiger partial charge in [0.15, 0.2) is 0 Å².